The van der Waals surface area contributed by atoms with Crippen molar-refractivity contribution in [2.75, 3.05) is 6.61 Å². The van der Waals surface area contributed by atoms with Crippen molar-refractivity contribution in [3.8, 4) is 0 Å². The van der Waals surface area contributed by atoms with E-state index in [0.717, 1.165) is 12.5 Å². The Morgan fingerprint density at radius 3 is 2.54 bits per heavy atom. The zero-order valence-corrected chi connectivity index (χ0v) is 18.0. The van der Waals surface area contributed by atoms with Crippen molar-refractivity contribution in [3.05, 3.63) is 34.7 Å². The summed E-state index contributed by atoms with van der Waals surface area (Å²) in [7, 11) is 0. The Morgan fingerprint density at radius 1 is 1.08 bits per heavy atom. The molecule has 2 heteroatoms. The van der Waals surface area contributed by atoms with Crippen LogP contribution in [-0.4, -0.2) is 12.7 Å². The largest absolute Gasteiger partial charge is 0.378 e. The van der Waals surface area contributed by atoms with E-state index >= 15 is 0 Å². The molecule has 1 aliphatic rings. The van der Waals surface area contributed by atoms with E-state index in [9.17, 15) is 0 Å². The molecule has 0 heterocycles. The van der Waals surface area contributed by atoms with E-state index in [2.05, 4.69) is 57.2 Å². The monoisotopic (exact) mass is 442 g/mol. The van der Waals surface area contributed by atoms with Crippen molar-refractivity contribution in [3.63, 3.8) is 0 Å². The van der Waals surface area contributed by atoms with E-state index in [-0.39, 0.29) is 24.0 Å². The van der Waals surface area contributed by atoms with E-state index in [1.54, 1.807) is 0 Å². The normalized spacial score (nSPS) is 17.4. The van der Waals surface area contributed by atoms with Gasteiger partial charge in [0.15, 0.2) is 0 Å². The fourth-order valence-corrected chi connectivity index (χ4v) is 3.46. The predicted molar refractivity (Wildman–Crippen MR) is 116 cm³/mol. The highest BCUT2D eigenvalue weighted by molar-refractivity contribution is 14.0. The first kappa shape index (κ1) is 21.7. The number of halogens is 1. The molecule has 1 nitrogen and oxygen atoms in total. The van der Waals surface area contributed by atoms with Gasteiger partial charge < -0.3 is 4.74 Å². The summed E-state index contributed by atoms with van der Waals surface area (Å²) in [6.45, 7) is 7.72. The SMILES string of the molecule is CCC[C@H](OCCCCCC1C=c2ccccc2=CC1)C(C)C.I. The highest BCUT2D eigenvalue weighted by Crippen LogP contribution is 2.18. The number of hydrogen-bond acceptors (Lipinski definition) is 1. The smallest absolute Gasteiger partial charge is 0.0597 e. The van der Waals surface area contributed by atoms with Crippen molar-refractivity contribution in [1.82, 2.24) is 0 Å². The summed E-state index contributed by atoms with van der Waals surface area (Å²) in [5.41, 5.74) is 0. The van der Waals surface area contributed by atoms with Crippen LogP contribution in [0.15, 0.2) is 24.3 Å². The molecule has 0 N–H and O–H groups in total. The van der Waals surface area contributed by atoms with E-state index in [0.29, 0.717) is 12.0 Å². The summed E-state index contributed by atoms with van der Waals surface area (Å²) in [4.78, 5) is 0. The Hall–Kier alpha value is -0.350. The highest BCUT2D eigenvalue weighted by Gasteiger charge is 2.12. The second kappa shape index (κ2) is 12.1. The zero-order valence-electron chi connectivity index (χ0n) is 15.7. The van der Waals surface area contributed by atoms with Crippen LogP contribution < -0.4 is 10.4 Å². The van der Waals surface area contributed by atoms with Gasteiger partial charge in [-0.1, -0.05) is 76.5 Å². The van der Waals surface area contributed by atoms with E-state index in [1.165, 1.54) is 55.4 Å². The lowest BCUT2D eigenvalue weighted by atomic mass is 9.92. The second-order valence-electron chi connectivity index (χ2n) is 7.29. The number of rotatable bonds is 10. The molecule has 2 rings (SSSR count). The molecule has 0 bridgehead atoms. The molecule has 0 spiro atoms. The number of unbranched alkanes of at least 4 members (excludes halogenated alkanes) is 2. The fraction of sp³-hybridized carbons (Fsp3) is 0.636. The molecule has 1 aliphatic carbocycles. The van der Waals surface area contributed by atoms with Gasteiger partial charge in [0.05, 0.1) is 6.10 Å². The van der Waals surface area contributed by atoms with Gasteiger partial charge in [0.25, 0.3) is 0 Å². The van der Waals surface area contributed by atoms with Crippen LogP contribution in [0.2, 0.25) is 0 Å². The zero-order chi connectivity index (χ0) is 16.5. The van der Waals surface area contributed by atoms with Crippen LogP contribution in [0.25, 0.3) is 12.2 Å². The Bertz CT molecular complexity index is 564. The predicted octanol–water partition coefficient (Wildman–Crippen LogP) is 5.29. The maximum absolute atomic E-state index is 6.07. The maximum Gasteiger partial charge on any atom is 0.0597 e. The van der Waals surface area contributed by atoms with Gasteiger partial charge in [-0.3, -0.25) is 0 Å². The summed E-state index contributed by atoms with van der Waals surface area (Å²) < 4.78 is 6.07. The summed E-state index contributed by atoms with van der Waals surface area (Å²) in [6.07, 6.45) is 14.1. The van der Waals surface area contributed by atoms with Gasteiger partial charge in [0.1, 0.15) is 0 Å². The van der Waals surface area contributed by atoms with Crippen LogP contribution in [0.1, 0.15) is 65.7 Å². The summed E-state index contributed by atoms with van der Waals surface area (Å²) >= 11 is 0. The Labute approximate surface area is 165 Å². The molecule has 1 aromatic rings. The van der Waals surface area contributed by atoms with E-state index < -0.39 is 0 Å². The quantitative estimate of drug-likeness (QED) is 0.354. The van der Waals surface area contributed by atoms with Gasteiger partial charge in [-0.25, -0.2) is 0 Å². The third kappa shape index (κ3) is 7.26. The number of benzene rings is 1. The minimum atomic E-state index is 0. The minimum Gasteiger partial charge on any atom is -0.378 e. The second-order valence-corrected chi connectivity index (χ2v) is 7.29. The van der Waals surface area contributed by atoms with Gasteiger partial charge in [0, 0.05) is 6.61 Å². The lowest BCUT2D eigenvalue weighted by Crippen LogP contribution is -2.28. The summed E-state index contributed by atoms with van der Waals surface area (Å²) in [5.74, 6) is 1.37. The van der Waals surface area contributed by atoms with Crippen molar-refractivity contribution in [2.45, 2.75) is 71.8 Å². The standard InChI is InChI=1S/C22H34O.HI/c1-4-10-22(18(2)3)23-16-9-5-6-11-19-14-15-20-12-7-8-13-21(20)17-19;/h7-8,12-13,15,17-19,22H,4-6,9-11,14,16H2,1-3H3;1H/t19?,22-;/m0./s1. The van der Waals surface area contributed by atoms with Crippen molar-refractivity contribution in [1.29, 1.82) is 0 Å². The molecular formula is C22H35IO. The van der Waals surface area contributed by atoms with E-state index in [4.69, 9.17) is 4.74 Å². The first-order valence-electron chi connectivity index (χ1n) is 9.59. The van der Waals surface area contributed by atoms with Crippen LogP contribution in [0.3, 0.4) is 0 Å². The molecule has 0 radical (unpaired) electrons. The molecule has 0 amide bonds. The van der Waals surface area contributed by atoms with Gasteiger partial charge in [-0.15, -0.1) is 24.0 Å². The molecule has 24 heavy (non-hydrogen) atoms. The highest BCUT2D eigenvalue weighted by atomic mass is 127. The molecule has 0 aliphatic heterocycles. The molecule has 0 saturated heterocycles. The van der Waals surface area contributed by atoms with Crippen LogP contribution in [0.5, 0.6) is 0 Å². The molecule has 0 aromatic heterocycles. The van der Waals surface area contributed by atoms with Crippen LogP contribution in [0, 0.1) is 11.8 Å². The van der Waals surface area contributed by atoms with Gasteiger partial charge in [-0.05, 0) is 48.0 Å². The Kier molecular flexibility index (Phi) is 10.9. The topological polar surface area (TPSA) is 9.23 Å². The Balaban J connectivity index is 0.00000288. The van der Waals surface area contributed by atoms with Gasteiger partial charge >= 0.3 is 0 Å². The first-order chi connectivity index (χ1) is 11.2. The molecule has 1 unspecified atom stereocenters. The molecule has 2 atom stereocenters. The number of fused-ring (bicyclic) bond motifs is 1. The maximum atomic E-state index is 6.07. The number of ether oxygens (including phenoxy) is 1. The third-order valence-electron chi connectivity index (χ3n) is 4.92. The van der Waals surface area contributed by atoms with Crippen molar-refractivity contribution < 1.29 is 4.74 Å². The lowest BCUT2D eigenvalue weighted by molar-refractivity contribution is 0.0143. The summed E-state index contributed by atoms with van der Waals surface area (Å²) in [5, 5.41) is 2.83. The average Bonchev–Trinajstić information content (AvgIpc) is 2.56. The molecule has 1 aromatic carbocycles. The average molecular weight is 442 g/mol. The van der Waals surface area contributed by atoms with E-state index in [1.807, 2.05) is 0 Å². The van der Waals surface area contributed by atoms with Crippen molar-refractivity contribution >= 4 is 36.1 Å². The fourth-order valence-electron chi connectivity index (χ4n) is 3.46. The van der Waals surface area contributed by atoms with Crippen molar-refractivity contribution in [2.24, 2.45) is 11.8 Å². The first-order valence-corrected chi connectivity index (χ1v) is 9.59. The summed E-state index contributed by atoms with van der Waals surface area (Å²) in [6, 6.07) is 8.74. The Morgan fingerprint density at radius 2 is 1.83 bits per heavy atom. The lowest BCUT2D eigenvalue weighted by Gasteiger charge is -2.21. The van der Waals surface area contributed by atoms with Crippen LogP contribution in [0.4, 0.5) is 0 Å². The molecule has 0 saturated carbocycles. The molecule has 0 fully saturated rings. The van der Waals surface area contributed by atoms with Crippen LogP contribution >= 0.6 is 24.0 Å². The molecular weight excluding hydrogens is 407 g/mol. The third-order valence-corrected chi connectivity index (χ3v) is 4.92. The number of hydrogen-bond donors (Lipinski definition) is 0. The molecule has 136 valence electrons. The van der Waals surface area contributed by atoms with Gasteiger partial charge in [0.2, 0.25) is 0 Å². The minimum absolute atomic E-state index is 0. The van der Waals surface area contributed by atoms with Crippen LogP contribution in [-0.2, 0) is 4.74 Å². The van der Waals surface area contributed by atoms with Gasteiger partial charge in [-0.2, -0.15) is 0 Å².